The largest absolute Gasteiger partial charge is 0.497 e. The Balaban J connectivity index is 2.11. The second kappa shape index (κ2) is 7.61. The molecule has 0 unspecified atom stereocenters. The van der Waals surface area contributed by atoms with Gasteiger partial charge >= 0.3 is 0 Å². The summed E-state index contributed by atoms with van der Waals surface area (Å²) < 4.78 is 5.13. The molecule has 1 amide bonds. The normalized spacial score (nSPS) is 11.1. The van der Waals surface area contributed by atoms with Gasteiger partial charge in [-0.2, -0.15) is 5.10 Å². The van der Waals surface area contributed by atoms with Gasteiger partial charge in [-0.15, -0.1) is 0 Å². The maximum atomic E-state index is 12.0. The van der Waals surface area contributed by atoms with Crippen molar-refractivity contribution in [1.82, 2.24) is 5.43 Å². The molecule has 0 radical (unpaired) electrons. The number of carbonyl (C=O) groups excluding carboxylic acids is 1. The quantitative estimate of drug-likeness (QED) is 0.672. The topological polar surface area (TPSA) is 50.7 Å². The third-order valence-corrected chi connectivity index (χ3v) is 3.41. The van der Waals surface area contributed by atoms with Gasteiger partial charge in [-0.1, -0.05) is 18.5 Å². The molecule has 0 saturated heterocycles. The third-order valence-electron chi connectivity index (χ3n) is 3.16. The molecule has 0 atom stereocenters. The molecule has 5 heteroatoms. The number of hydrazone groups is 1. The van der Waals surface area contributed by atoms with E-state index >= 15 is 0 Å². The van der Waals surface area contributed by atoms with E-state index in [1.807, 2.05) is 31.2 Å². The number of rotatable bonds is 5. The standard InChI is InChI=1S/C17H17ClN2O2/c1-3-16(12-6-10-15(22-2)11-7-12)19-20-17(21)13-4-8-14(18)9-5-13/h4-11H,3H2,1-2H3,(H,20,21)/b19-16+. The molecule has 2 aromatic rings. The number of nitrogens with one attached hydrogen (secondary N) is 1. The highest BCUT2D eigenvalue weighted by Gasteiger charge is 2.06. The fourth-order valence-electron chi connectivity index (χ4n) is 1.92. The number of ether oxygens (including phenoxy) is 1. The lowest BCUT2D eigenvalue weighted by Crippen LogP contribution is -2.19. The SMILES string of the molecule is CC/C(=N\NC(=O)c1ccc(Cl)cc1)c1ccc(OC)cc1. The number of hydrogen-bond acceptors (Lipinski definition) is 3. The molecule has 0 aliphatic carbocycles. The lowest BCUT2D eigenvalue weighted by molar-refractivity contribution is 0.0955. The predicted octanol–water partition coefficient (Wildman–Crippen LogP) is 3.89. The first-order valence-electron chi connectivity index (χ1n) is 6.91. The van der Waals surface area contributed by atoms with Crippen LogP contribution in [0.3, 0.4) is 0 Å². The van der Waals surface area contributed by atoms with Crippen molar-refractivity contribution in [2.75, 3.05) is 7.11 Å². The van der Waals surface area contributed by atoms with E-state index in [1.54, 1.807) is 31.4 Å². The minimum absolute atomic E-state index is 0.267. The van der Waals surface area contributed by atoms with Gasteiger partial charge in [-0.05, 0) is 60.5 Å². The summed E-state index contributed by atoms with van der Waals surface area (Å²) in [4.78, 5) is 12.0. The van der Waals surface area contributed by atoms with Gasteiger partial charge in [0, 0.05) is 10.6 Å². The number of carbonyl (C=O) groups is 1. The molecular weight excluding hydrogens is 300 g/mol. The van der Waals surface area contributed by atoms with Crippen LogP contribution in [0.25, 0.3) is 0 Å². The van der Waals surface area contributed by atoms with E-state index in [0.29, 0.717) is 17.0 Å². The minimum atomic E-state index is -0.267. The van der Waals surface area contributed by atoms with Crippen LogP contribution in [0.5, 0.6) is 5.75 Å². The summed E-state index contributed by atoms with van der Waals surface area (Å²) >= 11 is 5.80. The van der Waals surface area contributed by atoms with Gasteiger partial charge in [-0.25, -0.2) is 5.43 Å². The Morgan fingerprint density at radius 3 is 2.23 bits per heavy atom. The highest BCUT2D eigenvalue weighted by molar-refractivity contribution is 6.30. The van der Waals surface area contributed by atoms with Crippen molar-refractivity contribution in [3.05, 3.63) is 64.7 Å². The van der Waals surface area contributed by atoms with Gasteiger partial charge in [0.1, 0.15) is 5.75 Å². The van der Waals surface area contributed by atoms with Crippen LogP contribution < -0.4 is 10.2 Å². The smallest absolute Gasteiger partial charge is 0.271 e. The van der Waals surface area contributed by atoms with Gasteiger partial charge in [0.2, 0.25) is 0 Å². The molecule has 4 nitrogen and oxygen atoms in total. The molecule has 0 heterocycles. The maximum Gasteiger partial charge on any atom is 0.271 e. The Morgan fingerprint density at radius 2 is 1.68 bits per heavy atom. The van der Waals surface area contributed by atoms with Crippen LogP contribution in [-0.4, -0.2) is 18.7 Å². The summed E-state index contributed by atoms with van der Waals surface area (Å²) in [5, 5.41) is 4.80. The summed E-state index contributed by atoms with van der Waals surface area (Å²) in [7, 11) is 1.62. The van der Waals surface area contributed by atoms with Crippen molar-refractivity contribution in [2.45, 2.75) is 13.3 Å². The van der Waals surface area contributed by atoms with Crippen LogP contribution >= 0.6 is 11.6 Å². The molecule has 1 N–H and O–H groups in total. The van der Waals surface area contributed by atoms with E-state index in [0.717, 1.165) is 17.0 Å². The van der Waals surface area contributed by atoms with Crippen LogP contribution in [0.1, 0.15) is 29.3 Å². The van der Waals surface area contributed by atoms with Crippen molar-refractivity contribution in [3.63, 3.8) is 0 Å². The first-order chi connectivity index (χ1) is 10.6. The van der Waals surface area contributed by atoms with Crippen molar-refractivity contribution in [3.8, 4) is 5.75 Å². The zero-order valence-electron chi connectivity index (χ0n) is 12.5. The van der Waals surface area contributed by atoms with Crippen molar-refractivity contribution < 1.29 is 9.53 Å². The van der Waals surface area contributed by atoms with Gasteiger partial charge < -0.3 is 4.74 Å². The molecule has 2 rings (SSSR count). The van der Waals surface area contributed by atoms with E-state index in [9.17, 15) is 4.79 Å². The van der Waals surface area contributed by atoms with Crippen molar-refractivity contribution in [2.24, 2.45) is 5.10 Å². The third kappa shape index (κ3) is 4.09. The fourth-order valence-corrected chi connectivity index (χ4v) is 2.04. The predicted molar refractivity (Wildman–Crippen MR) is 88.7 cm³/mol. The highest BCUT2D eigenvalue weighted by atomic mass is 35.5. The van der Waals surface area contributed by atoms with Crippen molar-refractivity contribution >= 4 is 23.2 Å². The maximum absolute atomic E-state index is 12.0. The van der Waals surface area contributed by atoms with E-state index in [1.165, 1.54) is 0 Å². The molecule has 0 aromatic heterocycles. The molecule has 0 aliphatic rings. The summed E-state index contributed by atoms with van der Waals surface area (Å²) in [6, 6.07) is 14.2. The summed E-state index contributed by atoms with van der Waals surface area (Å²) in [5.41, 5.74) is 4.82. The minimum Gasteiger partial charge on any atom is -0.497 e. The Morgan fingerprint density at radius 1 is 1.09 bits per heavy atom. The molecule has 0 spiro atoms. The molecule has 0 saturated carbocycles. The Labute approximate surface area is 134 Å². The number of benzene rings is 2. The van der Waals surface area contributed by atoms with Crippen LogP contribution in [0, 0.1) is 0 Å². The summed E-state index contributed by atoms with van der Waals surface area (Å²) in [6.07, 6.45) is 0.702. The van der Waals surface area contributed by atoms with Gasteiger partial charge in [-0.3, -0.25) is 4.79 Å². The Kier molecular flexibility index (Phi) is 5.55. The van der Waals surface area contributed by atoms with Crippen LogP contribution in [0.15, 0.2) is 53.6 Å². The summed E-state index contributed by atoms with van der Waals surface area (Å²) in [5.74, 6) is 0.514. The zero-order chi connectivity index (χ0) is 15.9. The number of methoxy groups -OCH3 is 1. The number of halogens is 1. The number of hydrogen-bond donors (Lipinski definition) is 1. The van der Waals surface area contributed by atoms with Gasteiger partial charge in [0.25, 0.3) is 5.91 Å². The second-order valence-electron chi connectivity index (χ2n) is 4.59. The Hall–Kier alpha value is -2.33. The highest BCUT2D eigenvalue weighted by Crippen LogP contribution is 2.13. The molecule has 22 heavy (non-hydrogen) atoms. The van der Waals surface area contributed by atoms with Gasteiger partial charge in [0.15, 0.2) is 0 Å². The lowest BCUT2D eigenvalue weighted by atomic mass is 10.1. The summed E-state index contributed by atoms with van der Waals surface area (Å²) in [6.45, 7) is 1.98. The first kappa shape index (κ1) is 16.0. The van der Waals surface area contributed by atoms with Gasteiger partial charge in [0.05, 0.1) is 12.8 Å². The number of amides is 1. The van der Waals surface area contributed by atoms with E-state index < -0.39 is 0 Å². The average molecular weight is 317 g/mol. The Bertz CT molecular complexity index is 664. The van der Waals surface area contributed by atoms with Crippen LogP contribution in [0.2, 0.25) is 5.02 Å². The number of nitrogens with zero attached hydrogens (tertiary/aromatic N) is 1. The van der Waals surface area contributed by atoms with E-state index in [-0.39, 0.29) is 5.91 Å². The van der Waals surface area contributed by atoms with Crippen LogP contribution in [0.4, 0.5) is 0 Å². The van der Waals surface area contributed by atoms with Crippen LogP contribution in [-0.2, 0) is 0 Å². The average Bonchev–Trinajstić information content (AvgIpc) is 2.56. The molecular formula is C17H17ClN2O2. The lowest BCUT2D eigenvalue weighted by Gasteiger charge is -2.06. The van der Waals surface area contributed by atoms with Crippen molar-refractivity contribution in [1.29, 1.82) is 0 Å². The van der Waals surface area contributed by atoms with E-state index in [4.69, 9.17) is 16.3 Å². The zero-order valence-corrected chi connectivity index (χ0v) is 13.2. The monoisotopic (exact) mass is 316 g/mol. The molecule has 0 fully saturated rings. The molecule has 0 aliphatic heterocycles. The molecule has 114 valence electrons. The fraction of sp³-hybridized carbons (Fsp3) is 0.176. The van der Waals surface area contributed by atoms with E-state index in [2.05, 4.69) is 10.5 Å². The second-order valence-corrected chi connectivity index (χ2v) is 5.02. The molecule has 0 bridgehead atoms. The molecule has 2 aromatic carbocycles. The first-order valence-corrected chi connectivity index (χ1v) is 7.28.